The Morgan fingerprint density at radius 2 is 1.85 bits per heavy atom. The fraction of sp³-hybridized carbons (Fsp3) is 0.400. The molecule has 5 heteroatoms. The largest absolute Gasteiger partial charge is 0.341 e. The number of nitrogens with zero attached hydrogens (tertiary/aromatic N) is 4. The summed E-state index contributed by atoms with van der Waals surface area (Å²) < 4.78 is 0. The Bertz CT molecular complexity index is 532. The number of aromatic nitrogens is 3. The molecule has 20 heavy (non-hydrogen) atoms. The fourth-order valence-electron chi connectivity index (χ4n) is 2.52. The predicted octanol–water partition coefficient (Wildman–Crippen LogP) is 1.73. The first-order chi connectivity index (χ1) is 9.86. The van der Waals surface area contributed by atoms with Crippen molar-refractivity contribution in [3.63, 3.8) is 0 Å². The van der Waals surface area contributed by atoms with E-state index in [9.17, 15) is 0 Å². The van der Waals surface area contributed by atoms with E-state index in [-0.39, 0.29) is 0 Å². The lowest BCUT2D eigenvalue weighted by Crippen LogP contribution is -2.41. The minimum absolute atomic E-state index is 0.624. The van der Waals surface area contributed by atoms with E-state index >= 15 is 0 Å². The monoisotopic (exact) mass is 269 g/mol. The highest BCUT2D eigenvalue weighted by molar-refractivity contribution is 5.57. The molecule has 1 aliphatic heterocycles. The lowest BCUT2D eigenvalue weighted by molar-refractivity contribution is 0.439. The van der Waals surface area contributed by atoms with Gasteiger partial charge in [0.1, 0.15) is 0 Å². The second kappa shape index (κ2) is 5.96. The van der Waals surface area contributed by atoms with Gasteiger partial charge in [-0.2, -0.15) is 0 Å². The van der Waals surface area contributed by atoms with Crippen LogP contribution in [0.25, 0.3) is 11.3 Å². The van der Waals surface area contributed by atoms with E-state index in [1.165, 1.54) is 0 Å². The lowest BCUT2D eigenvalue weighted by Gasteiger charge is -2.31. The molecule has 0 spiro atoms. The molecule has 2 aromatic rings. The van der Waals surface area contributed by atoms with E-state index in [0.717, 1.165) is 43.1 Å². The summed E-state index contributed by atoms with van der Waals surface area (Å²) in [5, 5.41) is 3.33. The molecule has 0 unspecified atom stereocenters. The van der Waals surface area contributed by atoms with Crippen molar-refractivity contribution < 1.29 is 0 Å². The average molecular weight is 269 g/mol. The third-order valence-electron chi connectivity index (χ3n) is 3.78. The number of hydrogen-bond donors (Lipinski definition) is 1. The molecule has 0 aliphatic carbocycles. The van der Waals surface area contributed by atoms with Gasteiger partial charge in [0.15, 0.2) is 0 Å². The number of rotatable bonds is 3. The van der Waals surface area contributed by atoms with Crippen LogP contribution in [-0.2, 0) is 0 Å². The molecule has 0 atom stereocenters. The molecule has 0 aromatic carbocycles. The molecule has 1 aliphatic rings. The number of piperidine rings is 1. The highest BCUT2D eigenvalue weighted by Gasteiger charge is 2.19. The van der Waals surface area contributed by atoms with Crippen LogP contribution in [-0.4, -0.2) is 41.1 Å². The number of nitrogens with one attached hydrogen (secondary N) is 1. The molecule has 1 saturated heterocycles. The Morgan fingerprint density at radius 3 is 2.45 bits per heavy atom. The van der Waals surface area contributed by atoms with Crippen LogP contribution >= 0.6 is 0 Å². The van der Waals surface area contributed by atoms with Gasteiger partial charge in [0.25, 0.3) is 0 Å². The van der Waals surface area contributed by atoms with Crippen molar-refractivity contribution in [2.24, 2.45) is 0 Å². The standard InChI is InChI=1S/C15H19N5/c1-16-13-5-8-20(9-6-13)15-18-10-12(11-19-15)14-4-2-3-7-17-14/h2-4,7,10-11,13,16H,5-6,8-9H2,1H3. The molecular weight excluding hydrogens is 250 g/mol. The summed E-state index contributed by atoms with van der Waals surface area (Å²) in [6.07, 6.45) is 7.78. The quantitative estimate of drug-likeness (QED) is 0.919. The maximum atomic E-state index is 4.48. The van der Waals surface area contributed by atoms with Crippen LogP contribution in [0.5, 0.6) is 0 Å². The van der Waals surface area contributed by atoms with E-state index in [1.807, 2.05) is 37.6 Å². The molecule has 5 nitrogen and oxygen atoms in total. The van der Waals surface area contributed by atoms with Crippen LogP contribution in [0.3, 0.4) is 0 Å². The summed E-state index contributed by atoms with van der Waals surface area (Å²) in [6, 6.07) is 6.47. The summed E-state index contributed by atoms with van der Waals surface area (Å²) in [7, 11) is 2.03. The topological polar surface area (TPSA) is 53.9 Å². The average Bonchev–Trinajstić information content (AvgIpc) is 2.56. The van der Waals surface area contributed by atoms with E-state index in [0.29, 0.717) is 6.04 Å². The van der Waals surface area contributed by atoms with Crippen LogP contribution < -0.4 is 10.2 Å². The van der Waals surface area contributed by atoms with Crippen LogP contribution in [0, 0.1) is 0 Å². The summed E-state index contributed by atoms with van der Waals surface area (Å²) in [5.74, 6) is 0.819. The fourth-order valence-corrected chi connectivity index (χ4v) is 2.52. The Balaban J connectivity index is 1.71. The molecule has 0 saturated carbocycles. The second-order valence-electron chi connectivity index (χ2n) is 5.04. The maximum Gasteiger partial charge on any atom is 0.225 e. The zero-order chi connectivity index (χ0) is 13.8. The third-order valence-corrected chi connectivity index (χ3v) is 3.78. The number of pyridine rings is 1. The molecule has 2 aromatic heterocycles. The van der Waals surface area contributed by atoms with Crippen molar-refractivity contribution in [3.8, 4) is 11.3 Å². The van der Waals surface area contributed by atoms with Gasteiger partial charge in [0, 0.05) is 43.3 Å². The predicted molar refractivity (Wildman–Crippen MR) is 79.6 cm³/mol. The van der Waals surface area contributed by atoms with Gasteiger partial charge < -0.3 is 10.2 Å². The molecule has 1 N–H and O–H groups in total. The molecule has 0 radical (unpaired) electrons. The minimum atomic E-state index is 0.624. The van der Waals surface area contributed by atoms with Gasteiger partial charge in [0.2, 0.25) is 5.95 Å². The lowest BCUT2D eigenvalue weighted by atomic mass is 10.1. The zero-order valence-electron chi connectivity index (χ0n) is 11.7. The van der Waals surface area contributed by atoms with Crippen molar-refractivity contribution in [1.82, 2.24) is 20.3 Å². The molecule has 3 rings (SSSR count). The van der Waals surface area contributed by atoms with Crippen LogP contribution in [0.1, 0.15) is 12.8 Å². The van der Waals surface area contributed by atoms with Crippen molar-refractivity contribution >= 4 is 5.95 Å². The van der Waals surface area contributed by atoms with E-state index < -0.39 is 0 Å². The first-order valence-electron chi connectivity index (χ1n) is 7.02. The van der Waals surface area contributed by atoms with E-state index in [4.69, 9.17) is 0 Å². The van der Waals surface area contributed by atoms with Crippen LogP contribution in [0.15, 0.2) is 36.8 Å². The van der Waals surface area contributed by atoms with Gasteiger partial charge in [-0.1, -0.05) is 6.07 Å². The van der Waals surface area contributed by atoms with Crippen molar-refractivity contribution in [3.05, 3.63) is 36.8 Å². The third kappa shape index (κ3) is 2.77. The molecule has 3 heterocycles. The Hall–Kier alpha value is -2.01. The molecular formula is C15H19N5. The highest BCUT2D eigenvalue weighted by atomic mass is 15.3. The van der Waals surface area contributed by atoms with Gasteiger partial charge >= 0.3 is 0 Å². The Morgan fingerprint density at radius 1 is 1.10 bits per heavy atom. The van der Waals surface area contributed by atoms with Gasteiger partial charge in [-0.25, -0.2) is 9.97 Å². The normalized spacial score (nSPS) is 16.4. The smallest absolute Gasteiger partial charge is 0.225 e. The summed E-state index contributed by atoms with van der Waals surface area (Å²) in [5.41, 5.74) is 1.87. The second-order valence-corrected chi connectivity index (χ2v) is 5.04. The van der Waals surface area contributed by atoms with Crippen LogP contribution in [0.2, 0.25) is 0 Å². The summed E-state index contributed by atoms with van der Waals surface area (Å²) in [6.45, 7) is 2.02. The maximum absolute atomic E-state index is 4.48. The van der Waals surface area contributed by atoms with Crippen LogP contribution in [0.4, 0.5) is 5.95 Å². The van der Waals surface area contributed by atoms with Crippen molar-refractivity contribution in [2.75, 3.05) is 25.0 Å². The van der Waals surface area contributed by atoms with Crippen molar-refractivity contribution in [1.29, 1.82) is 0 Å². The highest BCUT2D eigenvalue weighted by Crippen LogP contribution is 2.19. The van der Waals surface area contributed by atoms with Gasteiger partial charge in [-0.15, -0.1) is 0 Å². The van der Waals surface area contributed by atoms with Gasteiger partial charge in [-0.05, 0) is 32.0 Å². The summed E-state index contributed by atoms with van der Waals surface area (Å²) in [4.78, 5) is 15.5. The Labute approximate surface area is 119 Å². The van der Waals surface area contributed by atoms with Crippen molar-refractivity contribution in [2.45, 2.75) is 18.9 Å². The molecule has 1 fully saturated rings. The van der Waals surface area contributed by atoms with Gasteiger partial charge in [0.05, 0.1) is 5.69 Å². The number of hydrogen-bond acceptors (Lipinski definition) is 5. The molecule has 0 amide bonds. The number of anilines is 1. The first kappa shape index (κ1) is 13.0. The van der Waals surface area contributed by atoms with E-state index in [1.54, 1.807) is 6.20 Å². The SMILES string of the molecule is CNC1CCN(c2ncc(-c3ccccn3)cn2)CC1. The minimum Gasteiger partial charge on any atom is -0.341 e. The Kier molecular flexibility index (Phi) is 3.87. The van der Waals surface area contributed by atoms with Gasteiger partial charge in [-0.3, -0.25) is 4.98 Å². The zero-order valence-corrected chi connectivity index (χ0v) is 11.7. The molecule has 0 bridgehead atoms. The van der Waals surface area contributed by atoms with E-state index in [2.05, 4.69) is 25.2 Å². The molecule has 104 valence electrons. The summed E-state index contributed by atoms with van der Waals surface area (Å²) >= 11 is 0. The first-order valence-corrected chi connectivity index (χ1v) is 7.02.